The number of hydrogen-bond donors (Lipinski definition) is 1. The number of benzene rings is 2. The molecule has 0 saturated carbocycles. The first kappa shape index (κ1) is 22.8. The molecule has 0 aliphatic heterocycles. The van der Waals surface area contributed by atoms with E-state index in [1.807, 2.05) is 30.3 Å². The van der Waals surface area contributed by atoms with Gasteiger partial charge in [-0.1, -0.05) is 30.3 Å². The number of fused-ring (bicyclic) bond motifs is 1. The SMILES string of the molecule is COCc1nc(NC(C)c2cc(OC)c(OC)c(OC)c2)c2c(-c3ccccc3)csc2n1. The van der Waals surface area contributed by atoms with E-state index in [1.54, 1.807) is 39.8 Å². The second kappa shape index (κ2) is 10.1. The van der Waals surface area contributed by atoms with Crippen molar-refractivity contribution in [1.82, 2.24) is 9.97 Å². The predicted molar refractivity (Wildman–Crippen MR) is 132 cm³/mol. The smallest absolute Gasteiger partial charge is 0.203 e. The van der Waals surface area contributed by atoms with E-state index in [-0.39, 0.29) is 6.04 Å². The van der Waals surface area contributed by atoms with Gasteiger partial charge in [0.05, 0.1) is 32.8 Å². The molecule has 0 radical (unpaired) electrons. The first-order valence-corrected chi connectivity index (χ1v) is 11.4. The quantitative estimate of drug-likeness (QED) is 0.340. The first-order valence-electron chi connectivity index (χ1n) is 10.5. The Bertz CT molecular complexity index is 1220. The molecule has 172 valence electrons. The van der Waals surface area contributed by atoms with Crippen LogP contribution in [0.15, 0.2) is 47.8 Å². The number of rotatable bonds is 9. The molecule has 1 unspecified atom stereocenters. The molecule has 1 atom stereocenters. The summed E-state index contributed by atoms with van der Waals surface area (Å²) in [5.74, 6) is 3.16. The van der Waals surface area contributed by atoms with Crippen LogP contribution in [0, 0.1) is 0 Å². The van der Waals surface area contributed by atoms with E-state index in [1.165, 1.54) is 0 Å². The summed E-state index contributed by atoms with van der Waals surface area (Å²) >= 11 is 1.60. The zero-order chi connectivity index (χ0) is 23.4. The van der Waals surface area contributed by atoms with Crippen molar-refractivity contribution >= 4 is 27.4 Å². The Kier molecular flexibility index (Phi) is 6.96. The van der Waals surface area contributed by atoms with Crippen LogP contribution in [-0.4, -0.2) is 38.4 Å². The van der Waals surface area contributed by atoms with E-state index in [2.05, 4.69) is 29.8 Å². The molecule has 0 amide bonds. The average Bonchev–Trinajstić information content (AvgIpc) is 3.28. The lowest BCUT2D eigenvalue weighted by Crippen LogP contribution is -2.11. The third-order valence-corrected chi connectivity index (χ3v) is 6.25. The molecular formula is C25H27N3O4S. The standard InChI is InChI=1S/C25H27N3O4S/c1-15(17-11-19(30-3)23(32-5)20(12-17)31-4)26-24-22-18(16-9-7-6-8-10-16)14-33-25(22)28-21(27-24)13-29-2/h6-12,14-15H,13H2,1-5H3,(H,26,27,28). The topological polar surface area (TPSA) is 74.7 Å². The van der Waals surface area contributed by atoms with Crippen LogP contribution in [0.5, 0.6) is 17.2 Å². The van der Waals surface area contributed by atoms with E-state index in [9.17, 15) is 0 Å². The third kappa shape index (κ3) is 4.58. The van der Waals surface area contributed by atoms with Crippen molar-refractivity contribution < 1.29 is 18.9 Å². The highest BCUT2D eigenvalue weighted by Crippen LogP contribution is 2.41. The van der Waals surface area contributed by atoms with E-state index >= 15 is 0 Å². The number of methoxy groups -OCH3 is 4. The van der Waals surface area contributed by atoms with Crippen molar-refractivity contribution in [3.8, 4) is 28.4 Å². The third-order valence-electron chi connectivity index (χ3n) is 5.38. The summed E-state index contributed by atoms with van der Waals surface area (Å²) in [6.07, 6.45) is 0. The molecule has 4 rings (SSSR count). The molecule has 33 heavy (non-hydrogen) atoms. The van der Waals surface area contributed by atoms with Gasteiger partial charge in [-0.2, -0.15) is 0 Å². The Morgan fingerprint density at radius 2 is 1.64 bits per heavy atom. The Balaban J connectivity index is 1.80. The molecule has 8 heteroatoms. The van der Waals surface area contributed by atoms with Gasteiger partial charge in [-0.05, 0) is 30.2 Å². The maximum absolute atomic E-state index is 5.53. The molecule has 0 spiro atoms. The highest BCUT2D eigenvalue weighted by atomic mass is 32.1. The zero-order valence-electron chi connectivity index (χ0n) is 19.3. The fourth-order valence-electron chi connectivity index (χ4n) is 3.75. The highest BCUT2D eigenvalue weighted by molar-refractivity contribution is 7.17. The molecule has 2 aromatic carbocycles. The lowest BCUT2D eigenvalue weighted by Gasteiger charge is -2.20. The van der Waals surface area contributed by atoms with Crippen LogP contribution in [0.2, 0.25) is 0 Å². The van der Waals surface area contributed by atoms with E-state index in [4.69, 9.17) is 28.9 Å². The van der Waals surface area contributed by atoms with E-state index in [0.29, 0.717) is 29.7 Å². The molecule has 2 aromatic heterocycles. The van der Waals surface area contributed by atoms with Crippen molar-refractivity contribution in [1.29, 1.82) is 0 Å². The summed E-state index contributed by atoms with van der Waals surface area (Å²) in [6.45, 7) is 2.40. The Morgan fingerprint density at radius 3 is 2.24 bits per heavy atom. The van der Waals surface area contributed by atoms with Gasteiger partial charge in [0.2, 0.25) is 5.75 Å². The van der Waals surface area contributed by atoms with Crippen LogP contribution in [0.1, 0.15) is 24.4 Å². The fourth-order valence-corrected chi connectivity index (χ4v) is 4.72. The summed E-state index contributed by atoms with van der Waals surface area (Å²) in [6, 6.07) is 14.1. The Morgan fingerprint density at radius 1 is 0.939 bits per heavy atom. The minimum absolute atomic E-state index is 0.101. The molecule has 7 nitrogen and oxygen atoms in total. The van der Waals surface area contributed by atoms with Crippen molar-refractivity contribution in [2.24, 2.45) is 0 Å². The number of aromatic nitrogens is 2. The number of thiophene rings is 1. The highest BCUT2D eigenvalue weighted by Gasteiger charge is 2.20. The van der Waals surface area contributed by atoms with Gasteiger partial charge in [-0.15, -0.1) is 11.3 Å². The minimum atomic E-state index is -0.101. The van der Waals surface area contributed by atoms with Gasteiger partial charge in [0.1, 0.15) is 17.3 Å². The average molecular weight is 466 g/mol. The van der Waals surface area contributed by atoms with Crippen LogP contribution in [0.4, 0.5) is 5.82 Å². The van der Waals surface area contributed by atoms with Gasteiger partial charge in [0.25, 0.3) is 0 Å². The first-order chi connectivity index (χ1) is 16.1. The van der Waals surface area contributed by atoms with E-state index < -0.39 is 0 Å². The Hall–Kier alpha value is -3.36. The van der Waals surface area contributed by atoms with Crippen molar-refractivity contribution in [3.63, 3.8) is 0 Å². The summed E-state index contributed by atoms with van der Waals surface area (Å²) in [5, 5.41) is 6.70. The van der Waals surface area contributed by atoms with Gasteiger partial charge >= 0.3 is 0 Å². The summed E-state index contributed by atoms with van der Waals surface area (Å²) in [7, 11) is 6.46. The monoisotopic (exact) mass is 465 g/mol. The van der Waals surface area contributed by atoms with Crippen LogP contribution in [-0.2, 0) is 11.3 Å². The molecule has 0 aliphatic carbocycles. The van der Waals surface area contributed by atoms with Gasteiger partial charge < -0.3 is 24.3 Å². The minimum Gasteiger partial charge on any atom is -0.493 e. The Labute approximate surface area is 197 Å². The lowest BCUT2D eigenvalue weighted by atomic mass is 10.0. The number of hydrogen-bond acceptors (Lipinski definition) is 8. The maximum Gasteiger partial charge on any atom is 0.203 e. The molecule has 1 N–H and O–H groups in total. The lowest BCUT2D eigenvalue weighted by molar-refractivity contribution is 0.178. The van der Waals surface area contributed by atoms with Gasteiger partial charge in [0.15, 0.2) is 17.3 Å². The molecule has 4 aromatic rings. The summed E-state index contributed by atoms with van der Waals surface area (Å²) < 4.78 is 21.8. The second-order valence-corrected chi connectivity index (χ2v) is 8.30. The van der Waals surface area contributed by atoms with Crippen LogP contribution in [0.25, 0.3) is 21.3 Å². The van der Waals surface area contributed by atoms with Crippen molar-refractivity contribution in [2.75, 3.05) is 33.8 Å². The molecular weight excluding hydrogens is 438 g/mol. The number of nitrogens with zero attached hydrogens (tertiary/aromatic N) is 2. The summed E-state index contributed by atoms with van der Waals surface area (Å²) in [5.41, 5.74) is 3.19. The van der Waals surface area contributed by atoms with Gasteiger partial charge in [-0.25, -0.2) is 9.97 Å². The van der Waals surface area contributed by atoms with Crippen molar-refractivity contribution in [2.45, 2.75) is 19.6 Å². The largest absolute Gasteiger partial charge is 0.493 e. The van der Waals surface area contributed by atoms with Crippen LogP contribution < -0.4 is 19.5 Å². The number of anilines is 1. The second-order valence-electron chi connectivity index (χ2n) is 7.44. The predicted octanol–water partition coefficient (Wildman–Crippen LogP) is 5.70. The van der Waals surface area contributed by atoms with Gasteiger partial charge in [0, 0.05) is 18.1 Å². The van der Waals surface area contributed by atoms with E-state index in [0.717, 1.165) is 32.7 Å². The molecule has 2 heterocycles. The van der Waals surface area contributed by atoms with Crippen molar-refractivity contribution in [3.05, 3.63) is 59.2 Å². The van der Waals surface area contributed by atoms with Crippen LogP contribution >= 0.6 is 11.3 Å². The molecule has 0 bridgehead atoms. The number of ether oxygens (including phenoxy) is 4. The number of nitrogens with one attached hydrogen (secondary N) is 1. The molecule has 0 saturated heterocycles. The van der Waals surface area contributed by atoms with Gasteiger partial charge in [-0.3, -0.25) is 0 Å². The van der Waals surface area contributed by atoms with Crippen LogP contribution in [0.3, 0.4) is 0 Å². The zero-order valence-corrected chi connectivity index (χ0v) is 20.2. The summed E-state index contributed by atoms with van der Waals surface area (Å²) in [4.78, 5) is 10.4. The normalized spacial score (nSPS) is 11.9. The fraction of sp³-hybridized carbons (Fsp3) is 0.280. The molecule has 0 fully saturated rings. The maximum atomic E-state index is 5.53. The molecule has 0 aliphatic rings.